The Morgan fingerprint density at radius 1 is 1.17 bits per heavy atom. The number of H-pyrrole nitrogens is 1. The number of carboxylic acid groups (broad SMARTS) is 1. The highest BCUT2D eigenvalue weighted by Gasteiger charge is 2.19. The summed E-state index contributed by atoms with van der Waals surface area (Å²) in [5, 5.41) is 8.84. The number of aromatic nitrogens is 1. The minimum atomic E-state index is -3.27. The third-order valence-electron chi connectivity index (χ3n) is 5.24. The molecule has 0 amide bonds. The first-order valence-corrected chi connectivity index (χ1v) is 11.5. The zero-order chi connectivity index (χ0) is 21.3. The number of nitrogens with zero attached hydrogens (tertiary/aromatic N) is 1. The molecule has 0 bridgehead atoms. The van der Waals surface area contributed by atoms with Crippen LogP contribution in [-0.4, -0.2) is 30.7 Å². The van der Waals surface area contributed by atoms with Gasteiger partial charge >= 0.3 is 5.97 Å². The molecule has 2 N–H and O–H groups in total. The summed E-state index contributed by atoms with van der Waals surface area (Å²) in [7, 11) is -3.27. The van der Waals surface area contributed by atoms with Gasteiger partial charge in [-0.1, -0.05) is 30.3 Å². The predicted molar refractivity (Wildman–Crippen MR) is 117 cm³/mol. The van der Waals surface area contributed by atoms with Crippen molar-refractivity contribution in [1.29, 1.82) is 0 Å². The fraction of sp³-hybridized carbons (Fsp3) is 0.174. The number of aromatic amines is 1. The van der Waals surface area contributed by atoms with Crippen LogP contribution >= 0.6 is 0 Å². The molecule has 6 nitrogen and oxygen atoms in total. The lowest BCUT2D eigenvalue weighted by Crippen LogP contribution is -2.19. The lowest BCUT2D eigenvalue weighted by molar-refractivity contribution is -0.136. The molecule has 1 aliphatic heterocycles. The van der Waals surface area contributed by atoms with Gasteiger partial charge in [-0.25, -0.2) is 8.42 Å². The van der Waals surface area contributed by atoms with Crippen LogP contribution in [0.3, 0.4) is 0 Å². The molecule has 0 radical (unpaired) electrons. The van der Waals surface area contributed by atoms with Crippen LogP contribution in [0, 0.1) is 0 Å². The molecule has 7 heteroatoms. The van der Waals surface area contributed by atoms with Crippen LogP contribution in [0.15, 0.2) is 65.8 Å². The Balaban J connectivity index is 1.60. The number of hydrogen-bond acceptors (Lipinski definition) is 4. The first-order valence-electron chi connectivity index (χ1n) is 9.57. The monoisotopic (exact) mass is 422 g/mol. The number of hydrogen-bond donors (Lipinski definition) is 2. The predicted octanol–water partition coefficient (Wildman–Crippen LogP) is 4.09. The fourth-order valence-electron chi connectivity index (χ4n) is 3.61. The first-order chi connectivity index (χ1) is 14.3. The smallest absolute Gasteiger partial charge is 0.303 e. The lowest BCUT2D eigenvalue weighted by atomic mass is 9.98. The van der Waals surface area contributed by atoms with E-state index in [1.54, 1.807) is 18.2 Å². The van der Waals surface area contributed by atoms with E-state index >= 15 is 0 Å². The van der Waals surface area contributed by atoms with Gasteiger partial charge in [-0.15, -0.1) is 0 Å². The summed E-state index contributed by atoms with van der Waals surface area (Å²) in [5.74, 6) is -0.800. The SMILES string of the molecule is CS(=O)(=O)c1cccc(N2C=Cc3[nH]cc(-c4ccc(CCC(=O)O)cc4)c3C2)c1. The third-order valence-corrected chi connectivity index (χ3v) is 6.35. The van der Waals surface area contributed by atoms with Crippen molar-refractivity contribution < 1.29 is 18.3 Å². The molecular weight excluding hydrogens is 400 g/mol. The van der Waals surface area contributed by atoms with Crippen LogP contribution in [-0.2, 0) is 27.6 Å². The van der Waals surface area contributed by atoms with Gasteiger partial charge in [0, 0.05) is 47.6 Å². The summed E-state index contributed by atoms with van der Waals surface area (Å²) >= 11 is 0. The zero-order valence-corrected chi connectivity index (χ0v) is 17.3. The fourth-order valence-corrected chi connectivity index (χ4v) is 4.27. The lowest BCUT2D eigenvalue weighted by Gasteiger charge is -2.25. The van der Waals surface area contributed by atoms with E-state index in [2.05, 4.69) is 4.98 Å². The van der Waals surface area contributed by atoms with E-state index in [1.807, 2.05) is 53.7 Å². The summed E-state index contributed by atoms with van der Waals surface area (Å²) in [6, 6.07) is 14.9. The summed E-state index contributed by atoms with van der Waals surface area (Å²) in [6.45, 7) is 0.610. The Labute approximate surface area is 175 Å². The van der Waals surface area contributed by atoms with E-state index in [9.17, 15) is 13.2 Å². The molecular formula is C23H22N2O4S. The average molecular weight is 423 g/mol. The summed E-state index contributed by atoms with van der Waals surface area (Å²) in [6.07, 6.45) is 7.73. The Bertz CT molecular complexity index is 1220. The van der Waals surface area contributed by atoms with E-state index < -0.39 is 15.8 Å². The molecule has 0 unspecified atom stereocenters. The summed E-state index contributed by atoms with van der Waals surface area (Å²) < 4.78 is 23.8. The molecule has 4 rings (SSSR count). The third kappa shape index (κ3) is 4.16. The first kappa shape index (κ1) is 20.0. The number of anilines is 1. The summed E-state index contributed by atoms with van der Waals surface area (Å²) in [4.78, 5) is 16.4. The standard InChI is InChI=1S/C23H22N2O4S/c1-30(28,29)19-4-2-3-18(13-19)25-12-11-22-21(15-25)20(14-24-22)17-8-5-16(6-9-17)7-10-23(26)27/h2-6,8-9,11-14,24H,7,10,15H2,1H3,(H,26,27). The van der Waals surface area contributed by atoms with Crippen molar-refractivity contribution in [2.75, 3.05) is 11.2 Å². The molecule has 0 saturated heterocycles. The molecule has 0 atom stereocenters. The van der Waals surface area contributed by atoms with Crippen LogP contribution in [0.4, 0.5) is 5.69 Å². The number of aliphatic carboxylic acids is 1. The highest BCUT2D eigenvalue weighted by molar-refractivity contribution is 7.90. The number of sulfone groups is 1. The van der Waals surface area contributed by atoms with Gasteiger partial charge in [-0.05, 0) is 41.8 Å². The maximum atomic E-state index is 11.9. The Kier molecular flexibility index (Phi) is 5.22. The Hall–Kier alpha value is -3.32. The molecule has 0 spiro atoms. The average Bonchev–Trinajstić information content (AvgIpc) is 3.15. The number of aryl methyl sites for hydroxylation is 1. The van der Waals surface area contributed by atoms with Gasteiger partial charge in [0.2, 0.25) is 0 Å². The van der Waals surface area contributed by atoms with E-state index in [0.717, 1.165) is 33.6 Å². The van der Waals surface area contributed by atoms with E-state index in [0.29, 0.717) is 17.9 Å². The molecule has 2 heterocycles. The molecule has 1 aromatic heterocycles. The van der Waals surface area contributed by atoms with Crippen LogP contribution in [0.5, 0.6) is 0 Å². The molecule has 30 heavy (non-hydrogen) atoms. The maximum Gasteiger partial charge on any atom is 0.303 e. The number of nitrogens with one attached hydrogen (secondary N) is 1. The number of carbonyl (C=O) groups is 1. The van der Waals surface area contributed by atoms with E-state index in [4.69, 9.17) is 5.11 Å². The van der Waals surface area contributed by atoms with Crippen molar-refractivity contribution >= 4 is 27.6 Å². The highest BCUT2D eigenvalue weighted by Crippen LogP contribution is 2.33. The summed E-state index contributed by atoms with van der Waals surface area (Å²) in [5.41, 5.74) is 6.08. The molecule has 1 aliphatic rings. The van der Waals surface area contributed by atoms with Gasteiger partial charge < -0.3 is 15.0 Å². The number of carboxylic acids is 1. The normalized spacial score (nSPS) is 13.3. The number of benzene rings is 2. The van der Waals surface area contributed by atoms with Crippen molar-refractivity contribution in [1.82, 2.24) is 4.98 Å². The molecule has 154 valence electrons. The van der Waals surface area contributed by atoms with Crippen LogP contribution in [0.25, 0.3) is 17.2 Å². The van der Waals surface area contributed by atoms with Crippen molar-refractivity contribution in [2.45, 2.75) is 24.3 Å². The molecule has 0 aliphatic carbocycles. The van der Waals surface area contributed by atoms with Crippen molar-refractivity contribution in [3.8, 4) is 11.1 Å². The zero-order valence-electron chi connectivity index (χ0n) is 16.5. The second-order valence-electron chi connectivity index (χ2n) is 7.40. The largest absolute Gasteiger partial charge is 0.481 e. The maximum absolute atomic E-state index is 11.9. The van der Waals surface area contributed by atoms with E-state index in [1.165, 1.54) is 6.26 Å². The van der Waals surface area contributed by atoms with Gasteiger partial charge in [0.25, 0.3) is 0 Å². The van der Waals surface area contributed by atoms with Gasteiger partial charge in [-0.3, -0.25) is 4.79 Å². The Morgan fingerprint density at radius 2 is 1.93 bits per heavy atom. The number of rotatable bonds is 6. The molecule has 3 aromatic rings. The highest BCUT2D eigenvalue weighted by atomic mass is 32.2. The van der Waals surface area contributed by atoms with Crippen molar-refractivity contribution in [2.24, 2.45) is 0 Å². The van der Waals surface area contributed by atoms with Crippen molar-refractivity contribution in [3.63, 3.8) is 0 Å². The second-order valence-corrected chi connectivity index (χ2v) is 9.41. The minimum absolute atomic E-state index is 0.116. The number of fused-ring (bicyclic) bond motifs is 1. The van der Waals surface area contributed by atoms with Crippen LogP contribution in [0.2, 0.25) is 0 Å². The Morgan fingerprint density at radius 3 is 2.63 bits per heavy atom. The molecule has 2 aromatic carbocycles. The van der Waals surface area contributed by atoms with Crippen molar-refractivity contribution in [3.05, 3.63) is 77.7 Å². The van der Waals surface area contributed by atoms with Gasteiger partial charge in [0.05, 0.1) is 11.4 Å². The van der Waals surface area contributed by atoms with Gasteiger partial charge in [0.15, 0.2) is 9.84 Å². The van der Waals surface area contributed by atoms with E-state index in [-0.39, 0.29) is 6.42 Å². The molecule has 0 fully saturated rings. The minimum Gasteiger partial charge on any atom is -0.481 e. The van der Waals surface area contributed by atoms with Crippen LogP contribution < -0.4 is 4.90 Å². The quantitative estimate of drug-likeness (QED) is 0.624. The topological polar surface area (TPSA) is 90.5 Å². The second kappa shape index (κ2) is 7.84. The van der Waals surface area contributed by atoms with Gasteiger partial charge in [-0.2, -0.15) is 0 Å². The van der Waals surface area contributed by atoms with Crippen LogP contribution in [0.1, 0.15) is 23.2 Å². The molecule has 0 saturated carbocycles. The van der Waals surface area contributed by atoms with Gasteiger partial charge in [0.1, 0.15) is 0 Å².